The van der Waals surface area contributed by atoms with Crippen LogP contribution < -0.4 is 5.32 Å². The average Bonchev–Trinajstić information content (AvgIpc) is 2.70. The highest BCUT2D eigenvalue weighted by Gasteiger charge is 2.29. The Morgan fingerprint density at radius 2 is 1.74 bits per heavy atom. The summed E-state index contributed by atoms with van der Waals surface area (Å²) in [5, 5.41) is 4.58. The minimum absolute atomic E-state index is 0.0211. The fraction of sp³-hybridized carbons (Fsp3) is 0.391. The Labute approximate surface area is 203 Å². The molecule has 0 saturated heterocycles. The molecule has 0 unspecified atom stereocenters. The lowest BCUT2D eigenvalue weighted by molar-refractivity contribution is -0.139. The van der Waals surface area contributed by atoms with Gasteiger partial charge in [0.15, 0.2) is 0 Å². The standard InChI is InChI=1S/C23H27Cl3N2O2S/c1-4-21(23(30)27-15(2)3)28(12-16-9-10-18(24)11-20(16)26)22(29)14-31-13-17-7-5-6-8-19(17)25/h5-11,15,21H,4,12-14H2,1-3H3,(H,27,30)/t21-/m1/s1. The maximum atomic E-state index is 13.2. The fourth-order valence-electron chi connectivity index (χ4n) is 3.08. The van der Waals surface area contributed by atoms with Crippen molar-refractivity contribution in [2.24, 2.45) is 0 Å². The minimum Gasteiger partial charge on any atom is -0.352 e. The quantitative estimate of drug-likeness (QED) is 0.421. The van der Waals surface area contributed by atoms with Crippen LogP contribution in [0.3, 0.4) is 0 Å². The molecule has 2 rings (SSSR count). The van der Waals surface area contributed by atoms with E-state index in [4.69, 9.17) is 34.8 Å². The Bertz CT molecular complexity index is 908. The number of hydrogen-bond acceptors (Lipinski definition) is 3. The van der Waals surface area contributed by atoms with E-state index in [9.17, 15) is 9.59 Å². The molecule has 31 heavy (non-hydrogen) atoms. The van der Waals surface area contributed by atoms with Crippen molar-refractivity contribution in [3.05, 3.63) is 68.7 Å². The van der Waals surface area contributed by atoms with Crippen LogP contribution in [0.25, 0.3) is 0 Å². The maximum absolute atomic E-state index is 13.2. The highest BCUT2D eigenvalue weighted by atomic mass is 35.5. The number of benzene rings is 2. The Kier molecular flexibility index (Phi) is 10.5. The molecule has 8 heteroatoms. The lowest BCUT2D eigenvalue weighted by atomic mass is 10.1. The molecule has 1 N–H and O–H groups in total. The van der Waals surface area contributed by atoms with E-state index in [-0.39, 0.29) is 30.2 Å². The second-order valence-electron chi connectivity index (χ2n) is 7.43. The van der Waals surface area contributed by atoms with E-state index in [1.807, 2.05) is 45.0 Å². The van der Waals surface area contributed by atoms with E-state index in [2.05, 4.69) is 5.32 Å². The maximum Gasteiger partial charge on any atom is 0.243 e. The lowest BCUT2D eigenvalue weighted by Gasteiger charge is -2.31. The van der Waals surface area contributed by atoms with E-state index in [0.717, 1.165) is 11.1 Å². The number of thioether (sulfide) groups is 1. The molecule has 4 nitrogen and oxygen atoms in total. The van der Waals surface area contributed by atoms with E-state index in [1.54, 1.807) is 23.1 Å². The van der Waals surface area contributed by atoms with Crippen LogP contribution >= 0.6 is 46.6 Å². The minimum atomic E-state index is -0.595. The third-order valence-electron chi connectivity index (χ3n) is 4.61. The van der Waals surface area contributed by atoms with Crippen molar-refractivity contribution in [3.63, 3.8) is 0 Å². The van der Waals surface area contributed by atoms with Crippen molar-refractivity contribution in [2.45, 2.75) is 51.6 Å². The van der Waals surface area contributed by atoms with Gasteiger partial charge in [-0.1, -0.05) is 66.0 Å². The van der Waals surface area contributed by atoms with Crippen molar-refractivity contribution in [2.75, 3.05) is 5.75 Å². The van der Waals surface area contributed by atoms with Gasteiger partial charge in [-0.05, 0) is 49.6 Å². The van der Waals surface area contributed by atoms with Crippen LogP contribution in [-0.4, -0.2) is 34.6 Å². The summed E-state index contributed by atoms with van der Waals surface area (Å²) in [6.45, 7) is 5.91. The van der Waals surface area contributed by atoms with Gasteiger partial charge >= 0.3 is 0 Å². The number of nitrogens with one attached hydrogen (secondary N) is 1. The van der Waals surface area contributed by atoms with Crippen LogP contribution in [0.5, 0.6) is 0 Å². The predicted octanol–water partition coefficient (Wildman–Crippen LogP) is 6.21. The molecule has 1 atom stereocenters. The molecule has 2 amide bonds. The molecule has 2 aromatic carbocycles. The number of carbonyl (C=O) groups excluding carboxylic acids is 2. The molecular formula is C23H27Cl3N2O2S. The molecule has 0 heterocycles. The first-order chi connectivity index (χ1) is 14.7. The van der Waals surface area contributed by atoms with Gasteiger partial charge in [0.05, 0.1) is 5.75 Å². The van der Waals surface area contributed by atoms with Crippen LogP contribution in [0, 0.1) is 0 Å². The van der Waals surface area contributed by atoms with E-state index < -0.39 is 6.04 Å². The summed E-state index contributed by atoms with van der Waals surface area (Å²) in [6, 6.07) is 12.1. The molecule has 0 aliphatic carbocycles. The number of halogens is 3. The van der Waals surface area contributed by atoms with Crippen molar-refractivity contribution < 1.29 is 9.59 Å². The molecular weight excluding hydrogens is 475 g/mol. The topological polar surface area (TPSA) is 49.4 Å². The number of nitrogens with zero attached hydrogens (tertiary/aromatic N) is 1. The Balaban J connectivity index is 2.19. The second kappa shape index (κ2) is 12.6. The summed E-state index contributed by atoms with van der Waals surface area (Å²) in [7, 11) is 0. The molecule has 0 aromatic heterocycles. The van der Waals surface area contributed by atoms with Gasteiger partial charge in [-0.15, -0.1) is 11.8 Å². The van der Waals surface area contributed by atoms with Gasteiger partial charge in [0.25, 0.3) is 0 Å². The SMILES string of the molecule is CC[C@H](C(=O)NC(C)C)N(Cc1ccc(Cl)cc1Cl)C(=O)CSCc1ccccc1Cl. The van der Waals surface area contributed by atoms with Crippen molar-refractivity contribution in [1.82, 2.24) is 10.2 Å². The van der Waals surface area contributed by atoms with Gasteiger partial charge < -0.3 is 10.2 Å². The largest absolute Gasteiger partial charge is 0.352 e. The molecule has 0 spiro atoms. The Hall–Kier alpha value is -1.40. The van der Waals surface area contributed by atoms with Crippen LogP contribution in [-0.2, 0) is 21.9 Å². The van der Waals surface area contributed by atoms with Crippen molar-refractivity contribution in [1.29, 1.82) is 0 Å². The molecule has 0 bridgehead atoms. The normalized spacial score (nSPS) is 12.0. The first kappa shape index (κ1) is 25.9. The molecule has 0 fully saturated rings. The first-order valence-corrected chi connectivity index (χ1v) is 12.4. The van der Waals surface area contributed by atoms with Crippen molar-refractivity contribution >= 4 is 58.4 Å². The van der Waals surface area contributed by atoms with Crippen LogP contribution in [0.2, 0.25) is 15.1 Å². The number of hydrogen-bond donors (Lipinski definition) is 1. The molecule has 0 aliphatic heterocycles. The highest BCUT2D eigenvalue weighted by Crippen LogP contribution is 2.25. The first-order valence-electron chi connectivity index (χ1n) is 10.1. The van der Waals surface area contributed by atoms with Gasteiger partial charge in [0.1, 0.15) is 6.04 Å². The summed E-state index contributed by atoms with van der Waals surface area (Å²) >= 11 is 20.0. The molecule has 2 aromatic rings. The van der Waals surface area contributed by atoms with Gasteiger partial charge in [0.2, 0.25) is 11.8 Å². The Morgan fingerprint density at radius 1 is 1.03 bits per heavy atom. The van der Waals surface area contributed by atoms with Gasteiger partial charge in [0, 0.05) is 33.4 Å². The molecule has 0 aliphatic rings. The summed E-state index contributed by atoms with van der Waals surface area (Å²) < 4.78 is 0. The van der Waals surface area contributed by atoms with Crippen molar-refractivity contribution in [3.8, 4) is 0 Å². The lowest BCUT2D eigenvalue weighted by Crippen LogP contribution is -2.51. The second-order valence-corrected chi connectivity index (χ2v) is 9.67. The third-order valence-corrected chi connectivity index (χ3v) is 6.54. The Morgan fingerprint density at radius 3 is 2.35 bits per heavy atom. The zero-order chi connectivity index (χ0) is 23.0. The number of carbonyl (C=O) groups is 2. The molecule has 0 radical (unpaired) electrons. The molecule has 0 saturated carbocycles. The summed E-state index contributed by atoms with van der Waals surface area (Å²) in [5.74, 6) is 0.526. The summed E-state index contributed by atoms with van der Waals surface area (Å²) in [5.41, 5.74) is 1.71. The van der Waals surface area contributed by atoms with Crippen LogP contribution in [0.15, 0.2) is 42.5 Å². The highest BCUT2D eigenvalue weighted by molar-refractivity contribution is 7.99. The van der Waals surface area contributed by atoms with E-state index in [1.165, 1.54) is 11.8 Å². The van der Waals surface area contributed by atoms with E-state index >= 15 is 0 Å². The van der Waals surface area contributed by atoms with Crippen LogP contribution in [0.4, 0.5) is 0 Å². The predicted molar refractivity (Wildman–Crippen MR) is 132 cm³/mol. The van der Waals surface area contributed by atoms with Crippen LogP contribution in [0.1, 0.15) is 38.3 Å². The van der Waals surface area contributed by atoms with E-state index in [0.29, 0.717) is 27.2 Å². The average molecular weight is 502 g/mol. The number of amides is 2. The number of rotatable bonds is 10. The van der Waals surface area contributed by atoms with Gasteiger partial charge in [-0.25, -0.2) is 0 Å². The summed E-state index contributed by atoms with van der Waals surface area (Å²) in [6.07, 6.45) is 0.491. The van der Waals surface area contributed by atoms with Gasteiger partial charge in [-0.2, -0.15) is 0 Å². The smallest absolute Gasteiger partial charge is 0.243 e. The monoisotopic (exact) mass is 500 g/mol. The molecule has 168 valence electrons. The third kappa shape index (κ3) is 7.90. The zero-order valence-corrected chi connectivity index (χ0v) is 20.9. The zero-order valence-electron chi connectivity index (χ0n) is 17.8. The summed E-state index contributed by atoms with van der Waals surface area (Å²) in [4.78, 5) is 27.6. The van der Waals surface area contributed by atoms with Gasteiger partial charge in [-0.3, -0.25) is 9.59 Å². The fourth-order valence-corrected chi connectivity index (χ4v) is 4.74.